The predicted octanol–water partition coefficient (Wildman–Crippen LogP) is 1.50. The van der Waals surface area contributed by atoms with Gasteiger partial charge < -0.3 is 19.7 Å². The number of hydrogen-bond donors (Lipinski definition) is 1. The summed E-state index contributed by atoms with van der Waals surface area (Å²) in [6, 6.07) is 0.512. The molecule has 4 aliphatic rings. The number of nitrogens with zero attached hydrogens (tertiary/aromatic N) is 4. The first kappa shape index (κ1) is 19.1. The van der Waals surface area contributed by atoms with Gasteiger partial charge in [-0.3, -0.25) is 9.59 Å². The second-order valence-electron chi connectivity index (χ2n) is 9.52. The molecule has 1 aromatic rings. The Morgan fingerprint density at radius 1 is 1.14 bits per heavy atom. The van der Waals surface area contributed by atoms with Crippen LogP contribution in [0.5, 0.6) is 0 Å². The fourth-order valence-electron chi connectivity index (χ4n) is 6.01. The number of aromatic nitrogens is 2. The third-order valence-corrected chi connectivity index (χ3v) is 7.77. The molecule has 3 aliphatic heterocycles. The van der Waals surface area contributed by atoms with Crippen LogP contribution in [0.1, 0.15) is 44.9 Å². The van der Waals surface area contributed by atoms with Crippen molar-refractivity contribution in [1.29, 1.82) is 0 Å². The maximum absolute atomic E-state index is 12.9. The molecule has 0 aromatic carbocycles. The number of imidazole rings is 1. The third-order valence-electron chi connectivity index (χ3n) is 7.77. The Bertz CT molecular complexity index is 732. The van der Waals surface area contributed by atoms with Crippen molar-refractivity contribution < 1.29 is 9.59 Å². The van der Waals surface area contributed by atoms with Crippen molar-refractivity contribution in [2.75, 3.05) is 26.2 Å². The van der Waals surface area contributed by atoms with Crippen molar-refractivity contribution in [2.24, 2.45) is 17.8 Å². The average molecular weight is 400 g/mol. The number of carbonyl (C=O) groups is 2. The zero-order valence-electron chi connectivity index (χ0n) is 17.2. The Hall–Kier alpha value is -1.89. The van der Waals surface area contributed by atoms with Gasteiger partial charge in [0.1, 0.15) is 0 Å². The Morgan fingerprint density at radius 2 is 2.00 bits per heavy atom. The van der Waals surface area contributed by atoms with E-state index < -0.39 is 0 Å². The normalized spacial score (nSPS) is 32.6. The lowest BCUT2D eigenvalue weighted by Crippen LogP contribution is -2.67. The first-order chi connectivity index (χ1) is 14.2. The molecule has 1 saturated carbocycles. The van der Waals surface area contributed by atoms with E-state index in [-0.39, 0.29) is 17.9 Å². The number of fused-ring (bicyclic) bond motifs is 4. The Morgan fingerprint density at radius 3 is 2.76 bits per heavy atom. The maximum Gasteiger partial charge on any atom is 0.223 e. The van der Waals surface area contributed by atoms with Gasteiger partial charge in [-0.05, 0) is 43.9 Å². The second-order valence-corrected chi connectivity index (χ2v) is 9.52. The van der Waals surface area contributed by atoms with E-state index in [0.717, 1.165) is 51.9 Å². The Labute approximate surface area is 172 Å². The summed E-state index contributed by atoms with van der Waals surface area (Å²) in [5.41, 5.74) is 0. The SMILES string of the molecule is O=C(NC[C@H]1[C@H]2C[C@H](CN(CCn3ccnc3)C2)[C@@H]2CCCC(=O)N21)C1CCC1. The molecular formula is C22H33N5O2. The van der Waals surface area contributed by atoms with E-state index in [1.54, 1.807) is 0 Å². The maximum atomic E-state index is 12.9. The minimum Gasteiger partial charge on any atom is -0.354 e. The standard InChI is InChI=1S/C22H33N5O2/c28-21-6-2-5-19-17-11-18(14-26(13-17)10-9-25-8-7-23-15-25)20(27(19)21)12-24-22(29)16-3-1-4-16/h7-8,15-20H,1-6,9-14H2,(H,24,29)/t17-,18+,19+,20+/m1/s1. The molecule has 2 bridgehead atoms. The van der Waals surface area contributed by atoms with Crippen molar-refractivity contribution in [3.8, 4) is 0 Å². The number of carbonyl (C=O) groups excluding carboxylic acids is 2. The second kappa shape index (κ2) is 8.09. The molecule has 1 aliphatic carbocycles. The molecule has 0 radical (unpaired) electrons. The molecule has 0 spiro atoms. The summed E-state index contributed by atoms with van der Waals surface area (Å²) in [5, 5.41) is 3.22. The van der Waals surface area contributed by atoms with E-state index >= 15 is 0 Å². The third kappa shape index (κ3) is 3.81. The van der Waals surface area contributed by atoms with Gasteiger partial charge in [-0.25, -0.2) is 4.98 Å². The first-order valence-electron chi connectivity index (χ1n) is 11.5. The molecule has 3 saturated heterocycles. The smallest absolute Gasteiger partial charge is 0.223 e. The van der Waals surface area contributed by atoms with Crippen LogP contribution in [0.25, 0.3) is 0 Å². The van der Waals surface area contributed by atoms with E-state index in [1.165, 1.54) is 12.8 Å². The van der Waals surface area contributed by atoms with Crippen molar-refractivity contribution in [3.05, 3.63) is 18.7 Å². The van der Waals surface area contributed by atoms with Crippen LogP contribution in [0.3, 0.4) is 0 Å². The Balaban J connectivity index is 1.28. The quantitative estimate of drug-likeness (QED) is 0.787. The summed E-state index contributed by atoms with van der Waals surface area (Å²) >= 11 is 0. The van der Waals surface area contributed by atoms with Gasteiger partial charge in [-0.1, -0.05) is 6.42 Å². The molecule has 7 heteroatoms. The minimum absolute atomic E-state index is 0.157. The zero-order valence-corrected chi connectivity index (χ0v) is 17.2. The molecule has 4 atom stereocenters. The van der Waals surface area contributed by atoms with Crippen molar-refractivity contribution >= 4 is 11.8 Å². The summed E-state index contributed by atoms with van der Waals surface area (Å²) in [6.07, 6.45) is 12.9. The lowest BCUT2D eigenvalue weighted by molar-refractivity contribution is -0.153. The summed E-state index contributed by atoms with van der Waals surface area (Å²) in [6.45, 7) is 4.71. The number of amides is 2. The summed E-state index contributed by atoms with van der Waals surface area (Å²) in [5.74, 6) is 1.74. The fourth-order valence-corrected chi connectivity index (χ4v) is 6.01. The fraction of sp³-hybridized carbons (Fsp3) is 0.773. The summed E-state index contributed by atoms with van der Waals surface area (Å²) in [7, 11) is 0. The molecule has 1 aromatic heterocycles. The van der Waals surface area contributed by atoms with Gasteiger partial charge in [0.15, 0.2) is 0 Å². The molecule has 4 heterocycles. The lowest BCUT2D eigenvalue weighted by Gasteiger charge is -2.56. The molecule has 0 unspecified atom stereocenters. The molecule has 5 rings (SSSR count). The monoisotopic (exact) mass is 399 g/mol. The van der Waals surface area contributed by atoms with E-state index in [4.69, 9.17) is 0 Å². The predicted molar refractivity (Wildman–Crippen MR) is 109 cm³/mol. The van der Waals surface area contributed by atoms with Crippen LogP contribution in [0.4, 0.5) is 0 Å². The van der Waals surface area contributed by atoms with Crippen LogP contribution in [0.2, 0.25) is 0 Å². The summed E-state index contributed by atoms with van der Waals surface area (Å²) in [4.78, 5) is 34.2. The molecule has 158 valence electrons. The van der Waals surface area contributed by atoms with Crippen LogP contribution in [0, 0.1) is 17.8 Å². The van der Waals surface area contributed by atoms with Gasteiger partial charge in [0.25, 0.3) is 0 Å². The van der Waals surface area contributed by atoms with Crippen molar-refractivity contribution in [1.82, 2.24) is 24.7 Å². The average Bonchev–Trinajstić information content (AvgIpc) is 3.19. The molecule has 1 N–H and O–H groups in total. The summed E-state index contributed by atoms with van der Waals surface area (Å²) < 4.78 is 2.14. The zero-order chi connectivity index (χ0) is 19.8. The molecular weight excluding hydrogens is 366 g/mol. The van der Waals surface area contributed by atoms with Gasteiger partial charge in [0.2, 0.25) is 11.8 Å². The largest absolute Gasteiger partial charge is 0.354 e. The van der Waals surface area contributed by atoms with Gasteiger partial charge in [-0.2, -0.15) is 0 Å². The highest BCUT2D eigenvalue weighted by Gasteiger charge is 2.49. The van der Waals surface area contributed by atoms with E-state index in [2.05, 4.69) is 24.7 Å². The van der Waals surface area contributed by atoms with E-state index in [1.807, 2.05) is 18.7 Å². The molecule has 7 nitrogen and oxygen atoms in total. The molecule has 29 heavy (non-hydrogen) atoms. The van der Waals surface area contributed by atoms with Gasteiger partial charge in [0, 0.05) is 63.5 Å². The van der Waals surface area contributed by atoms with Gasteiger partial charge in [0.05, 0.1) is 12.4 Å². The Kier molecular flexibility index (Phi) is 5.33. The highest BCUT2D eigenvalue weighted by atomic mass is 16.2. The van der Waals surface area contributed by atoms with Crippen molar-refractivity contribution in [3.63, 3.8) is 0 Å². The first-order valence-corrected chi connectivity index (χ1v) is 11.5. The van der Waals surface area contributed by atoms with Crippen LogP contribution in [-0.2, 0) is 16.1 Å². The number of piperidine rings is 3. The van der Waals surface area contributed by atoms with E-state index in [0.29, 0.717) is 36.8 Å². The van der Waals surface area contributed by atoms with Crippen molar-refractivity contribution in [2.45, 2.75) is 63.6 Å². The number of likely N-dealkylation sites (tertiary alicyclic amines) is 1. The van der Waals surface area contributed by atoms with Crippen LogP contribution < -0.4 is 5.32 Å². The highest BCUT2D eigenvalue weighted by Crippen LogP contribution is 2.41. The molecule has 2 amide bonds. The van der Waals surface area contributed by atoms with Crippen LogP contribution >= 0.6 is 0 Å². The van der Waals surface area contributed by atoms with E-state index in [9.17, 15) is 9.59 Å². The number of rotatable bonds is 6. The van der Waals surface area contributed by atoms with Gasteiger partial charge in [-0.15, -0.1) is 0 Å². The van der Waals surface area contributed by atoms with Gasteiger partial charge >= 0.3 is 0 Å². The highest BCUT2D eigenvalue weighted by molar-refractivity contribution is 5.80. The minimum atomic E-state index is 0.157. The number of nitrogens with one attached hydrogen (secondary N) is 1. The van der Waals surface area contributed by atoms with Crippen LogP contribution in [-0.4, -0.2) is 69.4 Å². The lowest BCUT2D eigenvalue weighted by atomic mass is 9.72. The topological polar surface area (TPSA) is 70.5 Å². The molecule has 4 fully saturated rings. The number of hydrogen-bond acceptors (Lipinski definition) is 4. The van der Waals surface area contributed by atoms with Crippen LogP contribution in [0.15, 0.2) is 18.7 Å².